The van der Waals surface area contributed by atoms with E-state index in [9.17, 15) is 9.90 Å². The molecule has 16 heavy (non-hydrogen) atoms. The Morgan fingerprint density at radius 2 is 1.94 bits per heavy atom. The summed E-state index contributed by atoms with van der Waals surface area (Å²) in [7, 11) is 0. The number of hydrogen-bond acceptors (Lipinski definition) is 3. The number of hydrogen-bond donors (Lipinski definition) is 1. The van der Waals surface area contributed by atoms with Gasteiger partial charge in [0.15, 0.2) is 0 Å². The van der Waals surface area contributed by atoms with Crippen molar-refractivity contribution in [2.24, 2.45) is 5.92 Å². The van der Waals surface area contributed by atoms with Crippen LogP contribution in [0.5, 0.6) is 0 Å². The van der Waals surface area contributed by atoms with Gasteiger partial charge in [-0.2, -0.15) is 0 Å². The van der Waals surface area contributed by atoms with Crippen molar-refractivity contribution in [3.05, 3.63) is 0 Å². The van der Waals surface area contributed by atoms with Crippen LogP contribution in [0.15, 0.2) is 0 Å². The molecule has 0 saturated carbocycles. The Labute approximate surface area is 97.6 Å². The second kappa shape index (κ2) is 4.24. The van der Waals surface area contributed by atoms with E-state index in [0.29, 0.717) is 19.0 Å². The van der Waals surface area contributed by atoms with Gasteiger partial charge in [0.1, 0.15) is 11.2 Å². The van der Waals surface area contributed by atoms with Crippen molar-refractivity contribution in [2.75, 3.05) is 13.1 Å². The second-order valence-corrected chi connectivity index (χ2v) is 6.16. The zero-order valence-electron chi connectivity index (χ0n) is 10.9. The predicted molar refractivity (Wildman–Crippen MR) is 62.2 cm³/mol. The van der Waals surface area contributed by atoms with Gasteiger partial charge in [0.25, 0.3) is 0 Å². The molecule has 0 atom stereocenters. The van der Waals surface area contributed by atoms with E-state index in [-0.39, 0.29) is 6.09 Å². The Hall–Kier alpha value is -0.770. The number of carbonyl (C=O) groups is 1. The number of nitrogens with zero attached hydrogens (tertiary/aromatic N) is 1. The summed E-state index contributed by atoms with van der Waals surface area (Å²) in [6.07, 6.45) is 0.396. The van der Waals surface area contributed by atoms with Crippen LogP contribution in [0.2, 0.25) is 0 Å². The third kappa shape index (κ3) is 3.67. The molecule has 0 spiro atoms. The summed E-state index contributed by atoms with van der Waals surface area (Å²) in [5.41, 5.74) is -1.17. The van der Waals surface area contributed by atoms with E-state index in [1.54, 1.807) is 4.90 Å². The number of likely N-dealkylation sites (tertiary alicyclic amines) is 1. The van der Waals surface area contributed by atoms with Crippen LogP contribution in [-0.2, 0) is 4.74 Å². The Kier molecular flexibility index (Phi) is 3.53. The first kappa shape index (κ1) is 13.3. The molecule has 94 valence electrons. The number of ether oxygens (including phenoxy) is 1. The van der Waals surface area contributed by atoms with Crippen molar-refractivity contribution >= 4 is 6.09 Å². The van der Waals surface area contributed by atoms with Gasteiger partial charge in [0, 0.05) is 0 Å². The maximum absolute atomic E-state index is 11.6. The van der Waals surface area contributed by atoms with Crippen LogP contribution in [0.1, 0.15) is 41.0 Å². The van der Waals surface area contributed by atoms with Crippen molar-refractivity contribution in [2.45, 2.75) is 52.2 Å². The molecule has 0 aromatic carbocycles. The predicted octanol–water partition coefficient (Wildman–Crippen LogP) is 2.01. The molecule has 1 heterocycles. The van der Waals surface area contributed by atoms with E-state index < -0.39 is 11.2 Å². The molecule has 0 radical (unpaired) electrons. The summed E-state index contributed by atoms with van der Waals surface area (Å²) in [6.45, 7) is 10.4. The molecule has 4 nitrogen and oxygen atoms in total. The van der Waals surface area contributed by atoms with Crippen molar-refractivity contribution in [1.82, 2.24) is 4.90 Å². The standard InChI is InChI=1S/C12H23NO3/c1-9(2)6-12(15)7-13(8-12)10(14)16-11(3,4)5/h9,15H,6-8H2,1-5H3. The summed E-state index contributed by atoms with van der Waals surface area (Å²) in [5, 5.41) is 10.0. The quantitative estimate of drug-likeness (QED) is 0.788. The average molecular weight is 229 g/mol. The van der Waals surface area contributed by atoms with Crippen molar-refractivity contribution in [3.8, 4) is 0 Å². The fourth-order valence-corrected chi connectivity index (χ4v) is 2.01. The molecular weight excluding hydrogens is 206 g/mol. The van der Waals surface area contributed by atoms with E-state index >= 15 is 0 Å². The minimum absolute atomic E-state index is 0.332. The molecule has 1 fully saturated rings. The van der Waals surface area contributed by atoms with Gasteiger partial charge in [0.05, 0.1) is 13.1 Å². The molecule has 1 aliphatic rings. The minimum Gasteiger partial charge on any atom is -0.444 e. The lowest BCUT2D eigenvalue weighted by Crippen LogP contribution is -2.64. The fourth-order valence-electron chi connectivity index (χ4n) is 2.01. The molecule has 0 aromatic rings. The highest BCUT2D eigenvalue weighted by Crippen LogP contribution is 2.29. The summed E-state index contributed by atoms with van der Waals surface area (Å²) in [4.78, 5) is 13.2. The molecule has 1 rings (SSSR count). The van der Waals surface area contributed by atoms with Crippen LogP contribution in [-0.4, -0.2) is 40.4 Å². The van der Waals surface area contributed by atoms with Crippen LogP contribution in [0.4, 0.5) is 4.79 Å². The summed E-state index contributed by atoms with van der Waals surface area (Å²) in [6, 6.07) is 0. The smallest absolute Gasteiger partial charge is 0.410 e. The lowest BCUT2D eigenvalue weighted by molar-refractivity contribution is -0.108. The van der Waals surface area contributed by atoms with Gasteiger partial charge in [-0.15, -0.1) is 0 Å². The molecule has 1 saturated heterocycles. The Morgan fingerprint density at radius 3 is 2.31 bits per heavy atom. The number of β-amino-alcohol motifs (C(OH)–C–C–N with tert-alkyl or cyclic N) is 1. The summed E-state index contributed by atoms with van der Waals surface area (Å²) in [5.74, 6) is 0.436. The summed E-state index contributed by atoms with van der Waals surface area (Å²) >= 11 is 0. The number of carbonyl (C=O) groups excluding carboxylic acids is 1. The van der Waals surface area contributed by atoms with Crippen LogP contribution in [0.25, 0.3) is 0 Å². The monoisotopic (exact) mass is 229 g/mol. The zero-order valence-corrected chi connectivity index (χ0v) is 10.9. The SMILES string of the molecule is CC(C)CC1(O)CN(C(=O)OC(C)(C)C)C1. The highest BCUT2D eigenvalue weighted by molar-refractivity contribution is 5.69. The average Bonchev–Trinajstić information content (AvgIpc) is 1.94. The summed E-state index contributed by atoms with van der Waals surface area (Å²) < 4.78 is 5.22. The van der Waals surface area contributed by atoms with Gasteiger partial charge >= 0.3 is 6.09 Å². The maximum atomic E-state index is 11.6. The molecule has 0 unspecified atom stereocenters. The van der Waals surface area contributed by atoms with Gasteiger partial charge in [-0.25, -0.2) is 4.79 Å². The maximum Gasteiger partial charge on any atom is 0.410 e. The molecule has 0 bridgehead atoms. The van der Waals surface area contributed by atoms with E-state index in [1.165, 1.54) is 0 Å². The van der Waals surface area contributed by atoms with Gasteiger partial charge in [0.2, 0.25) is 0 Å². The van der Waals surface area contributed by atoms with Crippen molar-refractivity contribution in [3.63, 3.8) is 0 Å². The third-order valence-corrected chi connectivity index (χ3v) is 2.41. The third-order valence-electron chi connectivity index (χ3n) is 2.41. The Balaban J connectivity index is 2.38. The first-order valence-corrected chi connectivity index (χ1v) is 5.82. The zero-order chi connectivity index (χ0) is 12.6. The lowest BCUT2D eigenvalue weighted by atomic mass is 9.86. The van der Waals surface area contributed by atoms with Crippen molar-refractivity contribution in [1.29, 1.82) is 0 Å². The number of rotatable bonds is 2. The van der Waals surface area contributed by atoms with Gasteiger partial charge in [-0.1, -0.05) is 13.8 Å². The van der Waals surface area contributed by atoms with E-state index in [4.69, 9.17) is 4.74 Å². The number of aliphatic hydroxyl groups is 1. The van der Waals surface area contributed by atoms with Crippen LogP contribution >= 0.6 is 0 Å². The number of amides is 1. The molecule has 1 aliphatic heterocycles. The lowest BCUT2D eigenvalue weighted by Gasteiger charge is -2.47. The van der Waals surface area contributed by atoms with Crippen LogP contribution in [0, 0.1) is 5.92 Å². The van der Waals surface area contributed by atoms with Gasteiger partial charge < -0.3 is 14.7 Å². The van der Waals surface area contributed by atoms with Crippen molar-refractivity contribution < 1.29 is 14.6 Å². The molecule has 0 aliphatic carbocycles. The van der Waals surface area contributed by atoms with Gasteiger partial charge in [-0.3, -0.25) is 0 Å². The first-order chi connectivity index (χ1) is 7.11. The van der Waals surface area contributed by atoms with Crippen LogP contribution < -0.4 is 0 Å². The van der Waals surface area contributed by atoms with E-state index in [0.717, 1.165) is 6.42 Å². The second-order valence-electron chi connectivity index (χ2n) is 6.16. The molecule has 4 heteroatoms. The molecular formula is C12H23NO3. The van der Waals surface area contributed by atoms with E-state index in [1.807, 2.05) is 20.8 Å². The molecule has 1 amide bonds. The molecule has 0 aromatic heterocycles. The first-order valence-electron chi connectivity index (χ1n) is 5.82. The topological polar surface area (TPSA) is 49.8 Å². The molecule has 1 N–H and O–H groups in total. The highest BCUT2D eigenvalue weighted by atomic mass is 16.6. The normalized spacial score (nSPS) is 19.6. The Bertz CT molecular complexity index is 262. The fraction of sp³-hybridized carbons (Fsp3) is 0.917. The van der Waals surface area contributed by atoms with E-state index in [2.05, 4.69) is 13.8 Å². The minimum atomic E-state index is -0.703. The van der Waals surface area contributed by atoms with Gasteiger partial charge in [-0.05, 0) is 33.1 Å². The highest BCUT2D eigenvalue weighted by Gasteiger charge is 2.45. The Morgan fingerprint density at radius 1 is 1.44 bits per heavy atom. The van der Waals surface area contributed by atoms with Crippen LogP contribution in [0.3, 0.4) is 0 Å². The largest absolute Gasteiger partial charge is 0.444 e.